The molecule has 161 valence electrons. The van der Waals surface area contributed by atoms with E-state index >= 15 is 0 Å². The van der Waals surface area contributed by atoms with Gasteiger partial charge in [-0.05, 0) is 37.3 Å². The minimum atomic E-state index is -0.890. The maximum atomic E-state index is 11.7. The van der Waals surface area contributed by atoms with Crippen molar-refractivity contribution >= 4 is 28.3 Å². The molecule has 33 heavy (non-hydrogen) atoms. The summed E-state index contributed by atoms with van der Waals surface area (Å²) in [5, 5.41) is 46.2. The number of hydrogen-bond donors (Lipinski definition) is 0. The molecule has 0 heterocycles. The van der Waals surface area contributed by atoms with Gasteiger partial charge in [0.1, 0.15) is 0 Å². The van der Waals surface area contributed by atoms with Gasteiger partial charge < -0.3 is 0 Å². The van der Waals surface area contributed by atoms with E-state index in [1.54, 1.807) is 25.7 Å². The predicted molar refractivity (Wildman–Crippen MR) is 114 cm³/mol. The van der Waals surface area contributed by atoms with Gasteiger partial charge in [-0.2, -0.15) is 0 Å². The highest BCUT2D eigenvalue weighted by molar-refractivity contribution is 6.08. The van der Waals surface area contributed by atoms with Gasteiger partial charge in [0.05, 0.1) is 48.9 Å². The lowest BCUT2D eigenvalue weighted by Gasteiger charge is -2.04. The maximum absolute atomic E-state index is 11.7. The van der Waals surface area contributed by atoms with E-state index in [1.165, 1.54) is 6.08 Å². The number of hydrogen-bond acceptors (Lipinski definition) is 8. The molecule has 1 fully saturated rings. The van der Waals surface area contributed by atoms with Crippen LogP contribution in [0.1, 0.15) is 11.1 Å². The second-order valence-corrected chi connectivity index (χ2v) is 6.80. The summed E-state index contributed by atoms with van der Waals surface area (Å²) >= 11 is 0. The SMILES string of the molecule is O=[N+]([O-])c1cc2c(c([N+](=O)[O-])c1)-c1c(cc([N+](=O)[O-])cc1[N+](=O)[O-])C2=CC#C[C]1[CH][CH][CH][CH]1. The van der Waals surface area contributed by atoms with Crippen molar-refractivity contribution in [2.24, 2.45) is 0 Å². The van der Waals surface area contributed by atoms with Crippen LogP contribution in [0.5, 0.6) is 0 Å². The van der Waals surface area contributed by atoms with Crippen molar-refractivity contribution in [2.45, 2.75) is 0 Å². The molecule has 4 rings (SSSR count). The number of nitro benzene ring substituents is 4. The van der Waals surface area contributed by atoms with Crippen LogP contribution in [0.3, 0.4) is 0 Å². The molecule has 0 saturated heterocycles. The molecular formula is C21H9N4O8. The summed E-state index contributed by atoms with van der Waals surface area (Å²) in [6.07, 6.45) is 8.20. The summed E-state index contributed by atoms with van der Waals surface area (Å²) in [4.78, 5) is 42.8. The van der Waals surface area contributed by atoms with Crippen LogP contribution in [-0.4, -0.2) is 19.7 Å². The van der Waals surface area contributed by atoms with Gasteiger partial charge in [0, 0.05) is 23.3 Å². The minimum Gasteiger partial charge on any atom is -0.258 e. The van der Waals surface area contributed by atoms with E-state index < -0.39 is 42.4 Å². The molecule has 0 aromatic heterocycles. The second kappa shape index (κ2) is 8.12. The lowest BCUT2D eigenvalue weighted by atomic mass is 10.0. The Morgan fingerprint density at radius 2 is 1.12 bits per heavy atom. The van der Waals surface area contributed by atoms with E-state index in [0.29, 0.717) is 18.1 Å². The van der Waals surface area contributed by atoms with Crippen LogP contribution < -0.4 is 0 Å². The molecule has 0 bridgehead atoms. The Balaban J connectivity index is 2.07. The first kappa shape index (κ1) is 21.6. The van der Waals surface area contributed by atoms with Crippen molar-refractivity contribution in [3.05, 3.63) is 114 Å². The molecule has 5 radical (unpaired) electrons. The first-order valence-corrected chi connectivity index (χ1v) is 9.07. The van der Waals surface area contributed by atoms with Crippen molar-refractivity contribution in [1.82, 2.24) is 0 Å². The van der Waals surface area contributed by atoms with Crippen LogP contribution in [-0.2, 0) is 0 Å². The van der Waals surface area contributed by atoms with E-state index in [-0.39, 0.29) is 27.8 Å². The zero-order valence-corrected chi connectivity index (χ0v) is 16.3. The van der Waals surface area contributed by atoms with Gasteiger partial charge in [0.2, 0.25) is 0 Å². The van der Waals surface area contributed by atoms with E-state index in [9.17, 15) is 40.5 Å². The standard InChI is InChI=1S/C21H9N4O8/c26-22(27)13-8-16-15(7-3-6-12-4-1-2-5-12)17-9-14(23(28)29)11-19(25(32)33)21(17)20(16)18(10-13)24(30)31/h1-2,4-5,7-11H. The van der Waals surface area contributed by atoms with Crippen molar-refractivity contribution < 1.29 is 19.7 Å². The Bertz CT molecular complexity index is 1260. The number of allylic oxidation sites excluding steroid dienone is 1. The fourth-order valence-electron chi connectivity index (χ4n) is 3.62. The van der Waals surface area contributed by atoms with E-state index in [4.69, 9.17) is 0 Å². The number of nitro groups is 4. The van der Waals surface area contributed by atoms with Crippen LogP contribution in [0.4, 0.5) is 22.7 Å². The minimum absolute atomic E-state index is 0.0497. The molecule has 2 aliphatic rings. The average Bonchev–Trinajstić information content (AvgIpc) is 3.38. The molecule has 2 aromatic rings. The summed E-state index contributed by atoms with van der Waals surface area (Å²) in [5.74, 6) is 6.15. The Labute approximate surface area is 185 Å². The lowest BCUT2D eigenvalue weighted by Crippen LogP contribution is -1.99. The Hall–Kier alpha value is -4.66. The molecule has 0 aliphatic heterocycles. The Kier molecular flexibility index (Phi) is 5.31. The highest BCUT2D eigenvalue weighted by Gasteiger charge is 2.40. The molecule has 0 amide bonds. The van der Waals surface area contributed by atoms with Crippen LogP contribution >= 0.6 is 0 Å². The van der Waals surface area contributed by atoms with E-state index in [1.807, 2.05) is 0 Å². The zero-order chi connectivity index (χ0) is 23.9. The van der Waals surface area contributed by atoms with Crippen LogP contribution in [0, 0.1) is 83.9 Å². The molecule has 12 nitrogen and oxygen atoms in total. The molecule has 2 aliphatic carbocycles. The topological polar surface area (TPSA) is 173 Å². The third-order valence-electron chi connectivity index (χ3n) is 4.95. The van der Waals surface area contributed by atoms with Crippen molar-refractivity contribution in [3.8, 4) is 23.0 Å². The number of benzene rings is 2. The Morgan fingerprint density at radius 3 is 1.52 bits per heavy atom. The Morgan fingerprint density at radius 1 is 0.667 bits per heavy atom. The van der Waals surface area contributed by atoms with Gasteiger partial charge in [-0.1, -0.05) is 11.8 Å². The van der Waals surface area contributed by atoms with Gasteiger partial charge in [-0.25, -0.2) is 0 Å². The summed E-state index contributed by atoms with van der Waals surface area (Å²) in [6.45, 7) is 0. The summed E-state index contributed by atoms with van der Waals surface area (Å²) in [7, 11) is 0. The van der Waals surface area contributed by atoms with Crippen molar-refractivity contribution in [2.75, 3.05) is 0 Å². The van der Waals surface area contributed by atoms with Gasteiger partial charge >= 0.3 is 0 Å². The fourth-order valence-corrected chi connectivity index (χ4v) is 3.62. The maximum Gasteiger partial charge on any atom is 0.284 e. The van der Waals surface area contributed by atoms with Crippen LogP contribution in [0.2, 0.25) is 0 Å². The monoisotopic (exact) mass is 445 g/mol. The normalized spacial score (nSPS) is 14.1. The third kappa shape index (κ3) is 3.76. The van der Waals surface area contributed by atoms with Crippen LogP contribution in [0.25, 0.3) is 16.7 Å². The van der Waals surface area contributed by atoms with Gasteiger partial charge in [0.25, 0.3) is 22.7 Å². The highest BCUT2D eigenvalue weighted by atomic mass is 16.6. The number of non-ortho nitro benzene ring substituents is 2. The second-order valence-electron chi connectivity index (χ2n) is 6.80. The molecule has 0 spiro atoms. The molecule has 0 unspecified atom stereocenters. The molecule has 0 N–H and O–H groups in total. The predicted octanol–water partition coefficient (Wildman–Crippen LogP) is 4.14. The quantitative estimate of drug-likeness (QED) is 0.327. The summed E-state index contributed by atoms with van der Waals surface area (Å²) < 4.78 is 0. The largest absolute Gasteiger partial charge is 0.284 e. The zero-order valence-electron chi connectivity index (χ0n) is 16.3. The number of fused-ring (bicyclic) bond motifs is 3. The van der Waals surface area contributed by atoms with E-state index in [0.717, 1.165) is 12.1 Å². The first-order valence-electron chi connectivity index (χ1n) is 9.07. The third-order valence-corrected chi connectivity index (χ3v) is 4.95. The first-order chi connectivity index (χ1) is 15.7. The van der Waals surface area contributed by atoms with Crippen molar-refractivity contribution in [1.29, 1.82) is 0 Å². The number of nitrogens with zero attached hydrogens (tertiary/aromatic N) is 4. The highest BCUT2D eigenvalue weighted by Crippen LogP contribution is 2.54. The lowest BCUT2D eigenvalue weighted by molar-refractivity contribution is -0.395. The van der Waals surface area contributed by atoms with Gasteiger partial charge in [-0.15, -0.1) is 0 Å². The average molecular weight is 445 g/mol. The number of rotatable bonds is 4. The molecular weight excluding hydrogens is 436 g/mol. The smallest absolute Gasteiger partial charge is 0.258 e. The van der Waals surface area contributed by atoms with Gasteiger partial charge in [0.15, 0.2) is 0 Å². The molecule has 0 atom stereocenters. The van der Waals surface area contributed by atoms with Crippen LogP contribution in [0.15, 0.2) is 30.3 Å². The molecule has 2 aromatic carbocycles. The summed E-state index contributed by atoms with van der Waals surface area (Å²) in [6, 6.07) is 3.47. The van der Waals surface area contributed by atoms with Gasteiger partial charge in [-0.3, -0.25) is 40.5 Å². The molecule has 12 heteroatoms. The summed E-state index contributed by atoms with van der Waals surface area (Å²) in [5.41, 5.74) is -3.18. The van der Waals surface area contributed by atoms with Crippen molar-refractivity contribution in [3.63, 3.8) is 0 Å². The fraction of sp³-hybridized carbons (Fsp3) is 0. The molecule has 1 saturated carbocycles. The van der Waals surface area contributed by atoms with E-state index in [2.05, 4.69) is 11.8 Å².